The van der Waals surface area contributed by atoms with Crippen molar-refractivity contribution >= 4 is 40.0 Å². The normalized spacial score (nSPS) is 30.8. The Kier molecular flexibility index (Phi) is 12.0. The van der Waals surface area contributed by atoms with Crippen LogP contribution >= 0.6 is 11.3 Å². The molecule has 9 atom stereocenters. The van der Waals surface area contributed by atoms with Gasteiger partial charge in [0.1, 0.15) is 12.1 Å². The Bertz CT molecular complexity index is 2450. The molecule has 8 heterocycles. The first-order valence-corrected chi connectivity index (χ1v) is 25.2. The van der Waals surface area contributed by atoms with Crippen molar-refractivity contribution in [1.82, 2.24) is 35.2 Å². The van der Waals surface area contributed by atoms with Crippen molar-refractivity contribution in [1.29, 1.82) is 0 Å². The predicted molar refractivity (Wildman–Crippen MR) is 251 cm³/mol. The minimum atomic E-state index is -0.867. The molecule has 8 bridgehead atoms. The zero-order chi connectivity index (χ0) is 45.5. The molecule has 1 aliphatic carbocycles. The molecule has 1 saturated carbocycles. The maximum Gasteiger partial charge on any atom is 0.324 e. The Morgan fingerprint density at radius 2 is 1.74 bits per heavy atom. The maximum absolute atomic E-state index is 14.5. The van der Waals surface area contributed by atoms with Gasteiger partial charge < -0.3 is 24.1 Å². The van der Waals surface area contributed by atoms with Crippen molar-refractivity contribution in [3.8, 4) is 22.5 Å². The molecule has 4 aromatic rings. The number of morpholine rings is 1. The van der Waals surface area contributed by atoms with Gasteiger partial charge in [-0.3, -0.25) is 29.3 Å². The highest BCUT2D eigenvalue weighted by molar-refractivity contribution is 7.10. The highest BCUT2D eigenvalue weighted by atomic mass is 32.1. The number of amides is 2. The Balaban J connectivity index is 1.08. The topological polar surface area (TPSA) is 140 Å². The second-order valence-electron chi connectivity index (χ2n) is 21.2. The lowest BCUT2D eigenvalue weighted by molar-refractivity contribution is -0.159. The Morgan fingerprint density at radius 3 is 2.42 bits per heavy atom. The smallest absolute Gasteiger partial charge is 0.324 e. The number of hydrazine groups is 1. The van der Waals surface area contributed by atoms with Crippen LogP contribution in [0.25, 0.3) is 33.4 Å². The first-order valence-electron chi connectivity index (χ1n) is 24.3. The van der Waals surface area contributed by atoms with E-state index >= 15 is 0 Å². The number of carbonyl (C=O) groups excluding carboxylic acids is 3. The highest BCUT2D eigenvalue weighted by Gasteiger charge is 2.50. The lowest BCUT2D eigenvalue weighted by Crippen LogP contribution is -2.64. The first kappa shape index (κ1) is 44.6. The molecule has 4 saturated heterocycles. The van der Waals surface area contributed by atoms with Crippen LogP contribution in [0.5, 0.6) is 0 Å². The Labute approximate surface area is 387 Å². The molecule has 13 nitrogen and oxygen atoms in total. The molecular weight excluding hydrogens is 839 g/mol. The first-order chi connectivity index (χ1) is 31.2. The molecule has 14 heteroatoms. The molecule has 3 aromatic heterocycles. The van der Waals surface area contributed by atoms with Crippen LogP contribution in [0.15, 0.2) is 35.8 Å². The van der Waals surface area contributed by atoms with Gasteiger partial charge in [-0.2, -0.15) is 0 Å². The Hall–Kier alpha value is -4.21. The molecule has 10 rings (SSSR count). The van der Waals surface area contributed by atoms with E-state index in [-0.39, 0.29) is 48.1 Å². The third-order valence-corrected chi connectivity index (χ3v) is 16.8. The van der Waals surface area contributed by atoms with E-state index in [9.17, 15) is 14.4 Å². The van der Waals surface area contributed by atoms with Gasteiger partial charge in [0.25, 0.3) is 5.91 Å². The minimum Gasteiger partial charge on any atom is -0.464 e. The monoisotopic (exact) mass is 905 g/mol. The molecule has 0 spiro atoms. The number of nitrogens with zero attached hydrogens (tertiary/aromatic N) is 5. The van der Waals surface area contributed by atoms with Crippen LogP contribution in [0.3, 0.4) is 0 Å². The van der Waals surface area contributed by atoms with E-state index < -0.39 is 23.4 Å². The van der Waals surface area contributed by atoms with Gasteiger partial charge in [0.05, 0.1) is 61.2 Å². The van der Waals surface area contributed by atoms with Crippen LogP contribution < -0.4 is 10.7 Å². The third-order valence-electron chi connectivity index (χ3n) is 15.7. The zero-order valence-electron chi connectivity index (χ0n) is 39.4. The van der Waals surface area contributed by atoms with Crippen molar-refractivity contribution < 1.29 is 28.6 Å². The number of benzene rings is 1. The van der Waals surface area contributed by atoms with E-state index in [2.05, 4.69) is 105 Å². The highest BCUT2D eigenvalue weighted by Crippen LogP contribution is 2.47. The number of piperidine rings is 1. The van der Waals surface area contributed by atoms with Crippen molar-refractivity contribution in [2.75, 3.05) is 39.6 Å². The van der Waals surface area contributed by atoms with E-state index in [1.807, 2.05) is 6.92 Å². The van der Waals surface area contributed by atoms with Gasteiger partial charge in [-0.1, -0.05) is 54.5 Å². The lowest BCUT2D eigenvalue weighted by Gasteiger charge is -2.53. The van der Waals surface area contributed by atoms with Crippen LogP contribution in [-0.4, -0.2) is 112 Å². The molecule has 0 radical (unpaired) electrons. The maximum atomic E-state index is 14.5. The van der Waals surface area contributed by atoms with Gasteiger partial charge in [0.2, 0.25) is 5.91 Å². The summed E-state index contributed by atoms with van der Waals surface area (Å²) in [7, 11) is 0. The summed E-state index contributed by atoms with van der Waals surface area (Å²) >= 11 is 1.52. The molecule has 2 N–H and O–H groups in total. The summed E-state index contributed by atoms with van der Waals surface area (Å²) < 4.78 is 20.5. The minimum absolute atomic E-state index is 0.109. The molecule has 348 valence electrons. The van der Waals surface area contributed by atoms with Gasteiger partial charge in [-0.25, -0.2) is 10.4 Å². The average molecular weight is 906 g/mol. The number of thiazole rings is 1. The summed E-state index contributed by atoms with van der Waals surface area (Å²) in [6, 6.07) is 8.79. The standard InChI is InChI=1S/C51H67N7O6S/c1-9-56-42-13-12-31-17-37(42)39(46(56)38-18-33(20-52-44(38)27(2)3)32-15-34-21-62-22-35(16-32)58(34)36-23-63-24-36)19-51(7,8)26-64-50(61)40-11-10-14-57(55-40)49(60)45(30(6)48-53-41(31)25-65-48)54-47(59)43-28(4)29(43)5/h12-13,17-18,20,25,27-30,32,34-36,40,43,45,55H,9-11,14-16,19,21-24,26H2,1-8H3,(H,54,59)/t28-,29+,30-,32-,34+,35-,40-,43+,45-/m0/s1. The number of cyclic esters (lactones) is 1. The van der Waals surface area contributed by atoms with Crippen LogP contribution in [0.4, 0.5) is 0 Å². The number of pyridine rings is 1. The zero-order valence-corrected chi connectivity index (χ0v) is 40.2. The fourth-order valence-electron chi connectivity index (χ4n) is 11.7. The number of carbonyl (C=O) groups is 3. The van der Waals surface area contributed by atoms with Crippen molar-refractivity contribution in [2.45, 2.75) is 142 Å². The number of esters is 1. The fourth-order valence-corrected chi connectivity index (χ4v) is 12.6. The number of nitrogens with one attached hydrogen (secondary N) is 2. The second-order valence-corrected chi connectivity index (χ2v) is 22.1. The number of aryl methyl sites for hydroxylation is 1. The molecule has 0 unspecified atom stereocenters. The summed E-state index contributed by atoms with van der Waals surface area (Å²) in [5.74, 6) is -0.245. The van der Waals surface area contributed by atoms with E-state index in [1.165, 1.54) is 38.7 Å². The van der Waals surface area contributed by atoms with Crippen LogP contribution in [0.2, 0.25) is 0 Å². The van der Waals surface area contributed by atoms with E-state index in [0.29, 0.717) is 49.9 Å². The molecule has 5 aliphatic heterocycles. The third kappa shape index (κ3) is 8.23. The molecule has 1 aromatic carbocycles. The number of hydrogen-bond donors (Lipinski definition) is 2. The average Bonchev–Trinajstić information content (AvgIpc) is 3.55. The quantitative estimate of drug-likeness (QED) is 0.180. The summed E-state index contributed by atoms with van der Waals surface area (Å²) in [6.07, 6.45) is 6.03. The Morgan fingerprint density at radius 1 is 1.02 bits per heavy atom. The molecular formula is C51H67N7O6S. The van der Waals surface area contributed by atoms with Crippen molar-refractivity contribution in [3.05, 3.63) is 57.7 Å². The van der Waals surface area contributed by atoms with Crippen LogP contribution in [0, 0.1) is 23.2 Å². The number of fused-ring (bicyclic) bond motifs is 8. The van der Waals surface area contributed by atoms with Gasteiger partial charge in [0, 0.05) is 76.0 Å². The van der Waals surface area contributed by atoms with Crippen molar-refractivity contribution in [3.63, 3.8) is 0 Å². The summed E-state index contributed by atoms with van der Waals surface area (Å²) in [6.45, 7) is 21.7. The SMILES string of the molecule is CCn1c(-c2cc([C@@H]3C[C@H]4COC[C@@H](C3)N4C3COC3)cnc2C(C)C)c2c3cc(ccc31)-c1csc(n1)[C@@H](C)[C@H](NC(=O)[C@H]1[C@H](C)[C@@H]1C)C(=O)N1CCC[C@H](N1)C(=O)OCC(C)(C)C2. The van der Waals surface area contributed by atoms with Gasteiger partial charge >= 0.3 is 5.97 Å². The predicted octanol–water partition coefficient (Wildman–Crippen LogP) is 7.43. The second kappa shape index (κ2) is 17.5. The fraction of sp³-hybridized carbons (Fsp3) is 0.627. The van der Waals surface area contributed by atoms with E-state index in [0.717, 1.165) is 78.7 Å². The number of hydrogen-bond acceptors (Lipinski definition) is 11. The largest absolute Gasteiger partial charge is 0.464 e. The summed E-state index contributed by atoms with van der Waals surface area (Å²) in [5.41, 5.74) is 11.6. The van der Waals surface area contributed by atoms with Gasteiger partial charge in [-0.15, -0.1) is 11.3 Å². The molecule has 65 heavy (non-hydrogen) atoms. The number of rotatable bonds is 7. The van der Waals surface area contributed by atoms with E-state index in [4.69, 9.17) is 24.2 Å². The number of ether oxygens (including phenoxy) is 3. The molecule has 5 fully saturated rings. The van der Waals surface area contributed by atoms with Crippen LogP contribution in [-0.2, 0) is 41.6 Å². The number of aromatic nitrogens is 3. The molecule has 2 amide bonds. The summed E-state index contributed by atoms with van der Waals surface area (Å²) in [5, 5.41) is 8.67. The van der Waals surface area contributed by atoms with Crippen LogP contribution in [0.1, 0.15) is 121 Å². The van der Waals surface area contributed by atoms with Gasteiger partial charge in [-0.05, 0) is 92.0 Å². The lowest BCUT2D eigenvalue weighted by atomic mass is 9.79. The van der Waals surface area contributed by atoms with E-state index in [1.54, 1.807) is 0 Å². The summed E-state index contributed by atoms with van der Waals surface area (Å²) in [4.78, 5) is 55.4. The molecule has 6 aliphatic rings. The van der Waals surface area contributed by atoms with Crippen molar-refractivity contribution in [2.24, 2.45) is 23.2 Å². The van der Waals surface area contributed by atoms with Gasteiger partial charge in [0.15, 0.2) is 0 Å².